The number of aromatic nitrogens is 1. The molecule has 136 valence electrons. The summed E-state index contributed by atoms with van der Waals surface area (Å²) in [4.78, 5) is 17.4. The van der Waals surface area contributed by atoms with Crippen LogP contribution in [0.1, 0.15) is 20.3 Å². The number of aliphatic hydroxyl groups excluding tert-OH is 1. The Balaban J connectivity index is 0.00000109. The molecule has 1 atom stereocenters. The van der Waals surface area contributed by atoms with Crippen LogP contribution in [0, 0.1) is 0 Å². The zero-order valence-corrected chi connectivity index (χ0v) is 15.9. The second kappa shape index (κ2) is 7.94. The predicted molar refractivity (Wildman–Crippen MR) is 98.5 cm³/mol. The van der Waals surface area contributed by atoms with E-state index < -0.39 is 16.1 Å². The number of rotatable bonds is 4. The minimum atomic E-state index is -3.70. The highest BCUT2D eigenvalue weighted by Gasteiger charge is 2.31. The first-order chi connectivity index (χ1) is 11.9. The van der Waals surface area contributed by atoms with Crippen LogP contribution in [-0.4, -0.2) is 44.1 Å². The summed E-state index contributed by atoms with van der Waals surface area (Å²) in [6.45, 7) is 4.42. The van der Waals surface area contributed by atoms with Crippen molar-refractivity contribution in [1.82, 2.24) is 4.98 Å². The number of hydrogen-bond acceptors (Lipinski definition) is 6. The van der Waals surface area contributed by atoms with Gasteiger partial charge in [0.1, 0.15) is 6.10 Å². The molecule has 0 aliphatic carbocycles. The first-order valence-electron chi connectivity index (χ1n) is 7.89. The molecule has 1 aromatic heterocycles. The molecule has 1 aromatic carbocycles. The van der Waals surface area contributed by atoms with E-state index in [1.807, 2.05) is 13.8 Å². The van der Waals surface area contributed by atoms with Gasteiger partial charge in [-0.2, -0.15) is 0 Å². The van der Waals surface area contributed by atoms with Gasteiger partial charge in [0.05, 0.1) is 4.90 Å². The molecule has 25 heavy (non-hydrogen) atoms. The lowest BCUT2D eigenvalue weighted by molar-refractivity contribution is -0.123. The molecule has 1 unspecified atom stereocenters. The maximum atomic E-state index is 12.6. The standard InChI is InChI=1S/C14H15N3O4S2.C2H6/c1-16(14-15-7-9-22-14)23(20,21)11-4-2-10(3-5-11)17-8-6-12(18)13(17)19;1-2/h2-5,7,9,12,18H,6,8H2,1H3;1-2H3. The van der Waals surface area contributed by atoms with Gasteiger partial charge in [0, 0.05) is 37.3 Å². The Hall–Kier alpha value is -1.97. The lowest BCUT2D eigenvalue weighted by atomic mass is 10.3. The monoisotopic (exact) mass is 383 g/mol. The van der Waals surface area contributed by atoms with Gasteiger partial charge in [-0.25, -0.2) is 17.7 Å². The summed E-state index contributed by atoms with van der Waals surface area (Å²) in [5.41, 5.74) is 0.572. The molecular weight excluding hydrogens is 362 g/mol. The van der Waals surface area contributed by atoms with Gasteiger partial charge in [-0.3, -0.25) is 4.79 Å². The summed E-state index contributed by atoms with van der Waals surface area (Å²) >= 11 is 1.23. The molecule has 0 saturated carbocycles. The minimum Gasteiger partial charge on any atom is -0.383 e. The van der Waals surface area contributed by atoms with Crippen molar-refractivity contribution < 1.29 is 18.3 Å². The number of thiazole rings is 1. The first kappa shape index (κ1) is 19.4. The van der Waals surface area contributed by atoms with E-state index in [-0.39, 0.29) is 10.8 Å². The minimum absolute atomic E-state index is 0.117. The van der Waals surface area contributed by atoms with Crippen molar-refractivity contribution >= 4 is 38.1 Å². The van der Waals surface area contributed by atoms with E-state index in [9.17, 15) is 18.3 Å². The molecule has 2 heterocycles. The number of anilines is 2. The van der Waals surface area contributed by atoms with E-state index in [0.717, 1.165) is 4.31 Å². The molecule has 2 aromatic rings. The van der Waals surface area contributed by atoms with Gasteiger partial charge in [-0.15, -0.1) is 11.3 Å². The van der Waals surface area contributed by atoms with E-state index in [4.69, 9.17) is 0 Å². The highest BCUT2D eigenvalue weighted by atomic mass is 32.2. The Bertz CT molecular complexity index is 804. The van der Waals surface area contributed by atoms with Gasteiger partial charge >= 0.3 is 0 Å². The second-order valence-electron chi connectivity index (χ2n) is 5.08. The molecule has 1 N–H and O–H groups in total. The molecule has 1 amide bonds. The molecule has 1 aliphatic rings. The fraction of sp³-hybridized carbons (Fsp3) is 0.375. The fourth-order valence-electron chi connectivity index (χ4n) is 2.35. The third-order valence-electron chi connectivity index (χ3n) is 3.67. The highest BCUT2D eigenvalue weighted by molar-refractivity contribution is 7.93. The van der Waals surface area contributed by atoms with Crippen LogP contribution < -0.4 is 9.21 Å². The van der Waals surface area contributed by atoms with Crippen LogP contribution in [0.5, 0.6) is 0 Å². The molecule has 0 radical (unpaired) electrons. The van der Waals surface area contributed by atoms with Crippen LogP contribution in [0.2, 0.25) is 0 Å². The third-order valence-corrected chi connectivity index (χ3v) is 6.40. The lowest BCUT2D eigenvalue weighted by Crippen LogP contribution is -2.29. The first-order valence-corrected chi connectivity index (χ1v) is 10.2. The third kappa shape index (κ3) is 3.83. The number of carbonyl (C=O) groups is 1. The molecule has 9 heteroatoms. The van der Waals surface area contributed by atoms with Gasteiger partial charge in [0.25, 0.3) is 15.9 Å². The Morgan fingerprint density at radius 3 is 2.40 bits per heavy atom. The summed E-state index contributed by atoms with van der Waals surface area (Å²) in [6, 6.07) is 6.04. The molecule has 7 nitrogen and oxygen atoms in total. The quantitative estimate of drug-likeness (QED) is 0.873. The zero-order chi connectivity index (χ0) is 18.6. The summed E-state index contributed by atoms with van der Waals surface area (Å²) in [5, 5.41) is 11.6. The van der Waals surface area contributed by atoms with Gasteiger partial charge in [-0.1, -0.05) is 13.8 Å². The maximum Gasteiger partial charge on any atom is 0.265 e. The van der Waals surface area contributed by atoms with E-state index >= 15 is 0 Å². The number of benzene rings is 1. The van der Waals surface area contributed by atoms with Gasteiger partial charge in [-0.05, 0) is 24.3 Å². The molecule has 3 rings (SSSR count). The average Bonchev–Trinajstić information content (AvgIpc) is 3.27. The predicted octanol–water partition coefficient (Wildman–Crippen LogP) is 2.09. The number of carbonyl (C=O) groups excluding carboxylic acids is 1. The molecule has 0 bridgehead atoms. The number of hydrogen-bond donors (Lipinski definition) is 1. The highest BCUT2D eigenvalue weighted by Crippen LogP contribution is 2.27. The topological polar surface area (TPSA) is 90.8 Å². The van der Waals surface area contributed by atoms with Crippen molar-refractivity contribution in [1.29, 1.82) is 0 Å². The van der Waals surface area contributed by atoms with Crippen LogP contribution >= 0.6 is 11.3 Å². The van der Waals surface area contributed by atoms with E-state index in [0.29, 0.717) is 23.8 Å². The fourth-order valence-corrected chi connectivity index (χ4v) is 4.34. The van der Waals surface area contributed by atoms with Crippen molar-refractivity contribution in [3.63, 3.8) is 0 Å². The van der Waals surface area contributed by atoms with Crippen molar-refractivity contribution in [3.8, 4) is 0 Å². The normalized spacial score (nSPS) is 17.2. The van der Waals surface area contributed by atoms with Crippen LogP contribution in [0.4, 0.5) is 10.8 Å². The van der Waals surface area contributed by atoms with Gasteiger partial charge in [0.15, 0.2) is 5.13 Å². The van der Waals surface area contributed by atoms with Gasteiger partial charge in [0.2, 0.25) is 0 Å². The SMILES string of the molecule is CC.CN(c1nccs1)S(=O)(=O)c1ccc(N2CCC(O)C2=O)cc1. The summed E-state index contributed by atoms with van der Waals surface area (Å²) < 4.78 is 26.2. The Morgan fingerprint density at radius 1 is 1.28 bits per heavy atom. The van der Waals surface area contributed by atoms with Crippen LogP contribution in [0.3, 0.4) is 0 Å². The number of nitrogens with zero attached hydrogens (tertiary/aromatic N) is 3. The molecular formula is C16H21N3O4S2. The van der Waals surface area contributed by atoms with Crippen molar-refractivity contribution in [2.75, 3.05) is 22.8 Å². The van der Waals surface area contributed by atoms with E-state index in [2.05, 4.69) is 4.98 Å². The number of amides is 1. The maximum absolute atomic E-state index is 12.6. The van der Waals surface area contributed by atoms with Crippen LogP contribution in [-0.2, 0) is 14.8 Å². The molecule has 1 aliphatic heterocycles. The summed E-state index contributed by atoms with van der Waals surface area (Å²) in [6.07, 6.45) is 0.944. The number of sulfonamides is 1. The lowest BCUT2D eigenvalue weighted by Gasteiger charge is -2.18. The second-order valence-corrected chi connectivity index (χ2v) is 7.92. The molecule has 1 saturated heterocycles. The van der Waals surface area contributed by atoms with Crippen molar-refractivity contribution in [2.45, 2.75) is 31.3 Å². The number of aliphatic hydroxyl groups is 1. The molecule has 1 fully saturated rings. The summed E-state index contributed by atoms with van der Waals surface area (Å²) in [7, 11) is -2.25. The summed E-state index contributed by atoms with van der Waals surface area (Å²) in [5.74, 6) is -0.361. The molecule has 0 spiro atoms. The van der Waals surface area contributed by atoms with Gasteiger partial charge < -0.3 is 10.0 Å². The smallest absolute Gasteiger partial charge is 0.265 e. The van der Waals surface area contributed by atoms with E-state index in [1.165, 1.54) is 35.4 Å². The Kier molecular flexibility index (Phi) is 6.15. The van der Waals surface area contributed by atoms with Crippen molar-refractivity contribution in [2.24, 2.45) is 0 Å². The van der Waals surface area contributed by atoms with E-state index in [1.54, 1.807) is 23.7 Å². The van der Waals surface area contributed by atoms with Crippen LogP contribution in [0.15, 0.2) is 40.7 Å². The van der Waals surface area contributed by atoms with Crippen molar-refractivity contribution in [3.05, 3.63) is 35.8 Å². The Morgan fingerprint density at radius 2 is 1.92 bits per heavy atom. The Labute approximate surface area is 151 Å². The van der Waals surface area contributed by atoms with Crippen LogP contribution in [0.25, 0.3) is 0 Å². The zero-order valence-electron chi connectivity index (χ0n) is 14.3. The average molecular weight is 383 g/mol. The largest absolute Gasteiger partial charge is 0.383 e.